The zero-order valence-corrected chi connectivity index (χ0v) is 14.3. The van der Waals surface area contributed by atoms with E-state index in [1.54, 1.807) is 11.2 Å². The van der Waals surface area contributed by atoms with E-state index in [1.165, 1.54) is 0 Å². The molecule has 2 rings (SSSR count). The lowest BCUT2D eigenvalue weighted by molar-refractivity contribution is 0.0270. The van der Waals surface area contributed by atoms with E-state index in [1.807, 2.05) is 45.9 Å². The monoisotopic (exact) mass is 316 g/mol. The highest BCUT2D eigenvalue weighted by atomic mass is 16.6. The first-order chi connectivity index (χ1) is 10.9. The summed E-state index contributed by atoms with van der Waals surface area (Å²) in [6.07, 6.45) is 7.94. The van der Waals surface area contributed by atoms with Gasteiger partial charge in [0.05, 0.1) is 0 Å². The molecule has 0 aromatic carbocycles. The normalized spacial score (nSPS) is 15.7. The van der Waals surface area contributed by atoms with Crippen molar-refractivity contribution in [1.82, 2.24) is 4.90 Å². The predicted octanol–water partition coefficient (Wildman–Crippen LogP) is 4.67. The van der Waals surface area contributed by atoms with Crippen molar-refractivity contribution in [3.8, 4) is 0 Å². The van der Waals surface area contributed by atoms with Crippen molar-refractivity contribution >= 4 is 30.1 Å². The Kier molecular flexibility index (Phi) is 5.08. The second-order valence-electron chi connectivity index (χ2n) is 6.43. The maximum atomic E-state index is 12.1. The first-order valence-electron chi connectivity index (χ1n) is 7.74. The molecule has 0 fully saturated rings. The SMILES string of the molecule is C=Nc1c(C2=CCN(C(=O)OC(C)(C)C)CC2)coc1/C=C\C. The number of nitrogens with zero attached hydrogens (tertiary/aromatic N) is 2. The van der Waals surface area contributed by atoms with Crippen molar-refractivity contribution in [1.29, 1.82) is 0 Å². The molecule has 1 amide bonds. The van der Waals surface area contributed by atoms with E-state index in [4.69, 9.17) is 9.15 Å². The van der Waals surface area contributed by atoms with Crippen LogP contribution in [-0.2, 0) is 4.74 Å². The molecule has 1 aromatic rings. The Labute approximate surface area is 137 Å². The maximum absolute atomic E-state index is 12.1. The number of aliphatic imine (C=N–C) groups is 1. The summed E-state index contributed by atoms with van der Waals surface area (Å²) in [7, 11) is 0. The zero-order chi connectivity index (χ0) is 17.0. The van der Waals surface area contributed by atoms with Gasteiger partial charge in [-0.15, -0.1) is 0 Å². The lowest BCUT2D eigenvalue weighted by Gasteiger charge is -2.29. The van der Waals surface area contributed by atoms with Gasteiger partial charge in [-0.25, -0.2) is 4.79 Å². The molecule has 0 saturated heterocycles. The van der Waals surface area contributed by atoms with Crippen molar-refractivity contribution in [3.63, 3.8) is 0 Å². The van der Waals surface area contributed by atoms with Gasteiger partial charge in [-0.05, 0) is 52.5 Å². The quantitative estimate of drug-likeness (QED) is 0.761. The summed E-state index contributed by atoms with van der Waals surface area (Å²) in [6.45, 7) is 12.3. The summed E-state index contributed by atoms with van der Waals surface area (Å²) in [5.41, 5.74) is 2.33. The molecule has 1 aliphatic rings. The minimum atomic E-state index is -0.479. The van der Waals surface area contributed by atoms with Gasteiger partial charge in [0.2, 0.25) is 0 Å². The van der Waals surface area contributed by atoms with E-state index in [2.05, 4.69) is 11.7 Å². The number of rotatable bonds is 3. The number of amides is 1. The Bertz CT molecular complexity index is 648. The summed E-state index contributed by atoms with van der Waals surface area (Å²) in [5.74, 6) is 0.702. The molecule has 0 unspecified atom stereocenters. The highest BCUT2D eigenvalue weighted by Crippen LogP contribution is 2.35. The Morgan fingerprint density at radius 2 is 2.22 bits per heavy atom. The Morgan fingerprint density at radius 3 is 2.74 bits per heavy atom. The Balaban J connectivity index is 2.13. The molecular formula is C18H24N2O3. The van der Waals surface area contributed by atoms with Crippen LogP contribution in [0.5, 0.6) is 0 Å². The standard InChI is InChI=1S/C18H24N2O3/c1-6-7-15-16(19-5)14(12-22-15)13-8-10-20(11-9-13)17(21)23-18(2,3)4/h6-8,12H,5,9-11H2,1-4H3/b7-6-. The summed E-state index contributed by atoms with van der Waals surface area (Å²) in [4.78, 5) is 17.9. The molecule has 0 N–H and O–H groups in total. The van der Waals surface area contributed by atoms with E-state index >= 15 is 0 Å². The van der Waals surface area contributed by atoms with E-state index in [0.29, 0.717) is 18.8 Å². The lowest BCUT2D eigenvalue weighted by atomic mass is 10.0. The van der Waals surface area contributed by atoms with Crippen LogP contribution in [0.15, 0.2) is 27.8 Å². The molecule has 0 bridgehead atoms. The second-order valence-corrected chi connectivity index (χ2v) is 6.43. The number of furan rings is 1. The maximum Gasteiger partial charge on any atom is 0.410 e. The molecule has 0 atom stereocenters. The average molecular weight is 316 g/mol. The highest BCUT2D eigenvalue weighted by molar-refractivity contribution is 5.81. The summed E-state index contributed by atoms with van der Waals surface area (Å²) < 4.78 is 11.0. The van der Waals surface area contributed by atoms with Gasteiger partial charge in [0.15, 0.2) is 5.76 Å². The Morgan fingerprint density at radius 1 is 1.48 bits per heavy atom. The minimum Gasteiger partial charge on any atom is -0.462 e. The van der Waals surface area contributed by atoms with Crippen molar-refractivity contribution in [2.24, 2.45) is 4.99 Å². The largest absolute Gasteiger partial charge is 0.462 e. The molecule has 23 heavy (non-hydrogen) atoms. The van der Waals surface area contributed by atoms with E-state index < -0.39 is 5.60 Å². The van der Waals surface area contributed by atoms with E-state index in [-0.39, 0.29) is 6.09 Å². The summed E-state index contributed by atoms with van der Waals surface area (Å²) in [6, 6.07) is 0. The van der Waals surface area contributed by atoms with Crippen molar-refractivity contribution in [2.75, 3.05) is 13.1 Å². The fourth-order valence-electron chi connectivity index (χ4n) is 2.43. The fraction of sp³-hybridized carbons (Fsp3) is 0.444. The third-order valence-corrected chi connectivity index (χ3v) is 3.48. The van der Waals surface area contributed by atoms with Gasteiger partial charge in [0.1, 0.15) is 17.6 Å². The molecule has 0 spiro atoms. The number of allylic oxidation sites excluding steroid dienone is 1. The van der Waals surface area contributed by atoms with Crippen molar-refractivity contribution in [2.45, 2.75) is 39.7 Å². The fourth-order valence-corrected chi connectivity index (χ4v) is 2.43. The minimum absolute atomic E-state index is 0.281. The van der Waals surface area contributed by atoms with Gasteiger partial charge in [0, 0.05) is 18.7 Å². The van der Waals surface area contributed by atoms with Crippen molar-refractivity contribution in [3.05, 3.63) is 29.7 Å². The van der Waals surface area contributed by atoms with Gasteiger partial charge in [-0.3, -0.25) is 4.99 Å². The third-order valence-electron chi connectivity index (χ3n) is 3.48. The topological polar surface area (TPSA) is 55.0 Å². The molecule has 5 nitrogen and oxygen atoms in total. The van der Waals surface area contributed by atoms with Gasteiger partial charge < -0.3 is 14.1 Å². The Hall–Kier alpha value is -2.30. The second kappa shape index (κ2) is 6.86. The zero-order valence-electron chi connectivity index (χ0n) is 14.3. The van der Waals surface area contributed by atoms with Crippen LogP contribution in [0.2, 0.25) is 0 Å². The smallest absolute Gasteiger partial charge is 0.410 e. The summed E-state index contributed by atoms with van der Waals surface area (Å²) in [5, 5.41) is 0. The van der Waals surface area contributed by atoms with Crippen LogP contribution in [0.25, 0.3) is 11.6 Å². The average Bonchev–Trinajstić information content (AvgIpc) is 2.89. The first-order valence-corrected chi connectivity index (χ1v) is 7.74. The van der Waals surface area contributed by atoms with Crippen LogP contribution in [-0.4, -0.2) is 36.4 Å². The first kappa shape index (κ1) is 17.1. The van der Waals surface area contributed by atoms with Gasteiger partial charge in [-0.2, -0.15) is 0 Å². The molecular weight excluding hydrogens is 292 g/mol. The highest BCUT2D eigenvalue weighted by Gasteiger charge is 2.25. The molecule has 1 aromatic heterocycles. The van der Waals surface area contributed by atoms with Crippen LogP contribution in [0.3, 0.4) is 0 Å². The molecule has 0 saturated carbocycles. The molecule has 5 heteroatoms. The van der Waals surface area contributed by atoms with Gasteiger partial charge in [0.25, 0.3) is 0 Å². The number of ether oxygens (including phenoxy) is 1. The number of carbonyl (C=O) groups excluding carboxylic acids is 1. The van der Waals surface area contributed by atoms with E-state index in [0.717, 1.165) is 23.2 Å². The third kappa shape index (κ3) is 4.12. The molecule has 0 aliphatic carbocycles. The molecule has 0 radical (unpaired) electrons. The van der Waals surface area contributed by atoms with Gasteiger partial charge >= 0.3 is 6.09 Å². The van der Waals surface area contributed by atoms with Crippen molar-refractivity contribution < 1.29 is 13.9 Å². The van der Waals surface area contributed by atoms with Crippen LogP contribution >= 0.6 is 0 Å². The van der Waals surface area contributed by atoms with E-state index in [9.17, 15) is 4.79 Å². The van der Waals surface area contributed by atoms with Crippen LogP contribution in [0.1, 0.15) is 45.4 Å². The van der Waals surface area contributed by atoms with Crippen LogP contribution in [0.4, 0.5) is 10.5 Å². The summed E-state index contributed by atoms with van der Waals surface area (Å²) >= 11 is 0. The number of hydrogen-bond acceptors (Lipinski definition) is 4. The predicted molar refractivity (Wildman–Crippen MR) is 93.0 cm³/mol. The van der Waals surface area contributed by atoms with Gasteiger partial charge in [-0.1, -0.05) is 12.2 Å². The van der Waals surface area contributed by atoms with Crippen LogP contribution < -0.4 is 0 Å². The molecule has 124 valence electrons. The number of carbonyl (C=O) groups is 1. The molecule has 1 aliphatic heterocycles. The van der Waals surface area contributed by atoms with Crippen LogP contribution in [0, 0.1) is 0 Å². The number of hydrogen-bond donors (Lipinski definition) is 0. The lowest BCUT2D eigenvalue weighted by Crippen LogP contribution is -2.39. The molecule has 2 heterocycles.